The Morgan fingerprint density at radius 1 is 1.12 bits per heavy atom. The summed E-state index contributed by atoms with van der Waals surface area (Å²) in [6, 6.07) is 14.8. The average Bonchev–Trinajstić information content (AvgIpc) is 2.67. The van der Waals surface area contributed by atoms with E-state index in [1.54, 1.807) is 26.2 Å². The Labute approximate surface area is 155 Å². The highest BCUT2D eigenvalue weighted by atomic mass is 32.2. The van der Waals surface area contributed by atoms with Gasteiger partial charge in [-0.25, -0.2) is 4.79 Å². The van der Waals surface area contributed by atoms with Crippen LogP contribution in [-0.2, 0) is 10.5 Å². The molecule has 0 unspecified atom stereocenters. The monoisotopic (exact) mass is 369 g/mol. The third-order valence-corrected chi connectivity index (χ3v) is 4.97. The maximum atomic E-state index is 12.8. The number of pyridine rings is 1. The lowest BCUT2D eigenvalue weighted by Gasteiger charge is -2.10. The van der Waals surface area contributed by atoms with Crippen LogP contribution in [0.4, 0.5) is 0 Å². The normalized spacial score (nSPS) is 10.7. The molecule has 0 fully saturated rings. The molecular formula is C20H19NO4S. The van der Waals surface area contributed by atoms with Gasteiger partial charge in [0.2, 0.25) is 5.43 Å². The summed E-state index contributed by atoms with van der Waals surface area (Å²) in [6.45, 7) is 1.94. The number of fused-ring (bicyclic) bond motifs is 1. The number of rotatable bonds is 6. The van der Waals surface area contributed by atoms with E-state index in [0.717, 1.165) is 11.3 Å². The fourth-order valence-corrected chi connectivity index (χ4v) is 3.59. The molecule has 5 nitrogen and oxygen atoms in total. The van der Waals surface area contributed by atoms with E-state index in [0.29, 0.717) is 21.7 Å². The number of nitrogens with one attached hydrogen (secondary N) is 1. The summed E-state index contributed by atoms with van der Waals surface area (Å²) in [7, 11) is 1.62. The zero-order valence-electron chi connectivity index (χ0n) is 14.6. The van der Waals surface area contributed by atoms with Crippen LogP contribution in [0.3, 0.4) is 0 Å². The van der Waals surface area contributed by atoms with E-state index >= 15 is 0 Å². The van der Waals surface area contributed by atoms with Crippen LogP contribution in [0, 0.1) is 0 Å². The number of hydrogen-bond donors (Lipinski definition) is 1. The summed E-state index contributed by atoms with van der Waals surface area (Å²) in [5.74, 6) is 0.784. The number of esters is 1. The highest BCUT2D eigenvalue weighted by Gasteiger charge is 2.20. The zero-order chi connectivity index (χ0) is 18.5. The Morgan fingerprint density at radius 3 is 2.54 bits per heavy atom. The number of H-pyrrole nitrogens is 1. The lowest BCUT2D eigenvalue weighted by molar-refractivity contribution is 0.0520. The van der Waals surface area contributed by atoms with Crippen molar-refractivity contribution in [2.45, 2.75) is 17.7 Å². The first kappa shape index (κ1) is 18.1. The van der Waals surface area contributed by atoms with Crippen LogP contribution < -0.4 is 10.2 Å². The van der Waals surface area contributed by atoms with Gasteiger partial charge in [-0.05, 0) is 36.8 Å². The van der Waals surface area contributed by atoms with E-state index in [2.05, 4.69) is 4.98 Å². The first-order valence-electron chi connectivity index (χ1n) is 8.22. The Hall–Kier alpha value is -2.73. The predicted molar refractivity (Wildman–Crippen MR) is 103 cm³/mol. The van der Waals surface area contributed by atoms with Crippen LogP contribution in [-0.4, -0.2) is 24.7 Å². The van der Waals surface area contributed by atoms with Gasteiger partial charge in [0.05, 0.1) is 24.3 Å². The zero-order valence-corrected chi connectivity index (χ0v) is 15.4. The van der Waals surface area contributed by atoms with Gasteiger partial charge in [0.25, 0.3) is 0 Å². The molecule has 0 atom stereocenters. The minimum absolute atomic E-state index is 0.0593. The topological polar surface area (TPSA) is 68.4 Å². The van der Waals surface area contributed by atoms with Crippen LogP contribution in [0.15, 0.2) is 58.4 Å². The summed E-state index contributed by atoms with van der Waals surface area (Å²) in [5, 5.41) is 0.993. The van der Waals surface area contributed by atoms with E-state index in [1.807, 2.05) is 36.4 Å². The van der Waals surface area contributed by atoms with Gasteiger partial charge >= 0.3 is 5.97 Å². The van der Waals surface area contributed by atoms with E-state index in [4.69, 9.17) is 9.47 Å². The molecule has 3 aromatic rings. The van der Waals surface area contributed by atoms with Crippen LogP contribution >= 0.6 is 11.8 Å². The molecule has 0 aliphatic heterocycles. The van der Waals surface area contributed by atoms with E-state index in [9.17, 15) is 9.59 Å². The number of carbonyl (C=O) groups excluding carboxylic acids is 1. The van der Waals surface area contributed by atoms with Gasteiger partial charge in [-0.1, -0.05) is 24.3 Å². The Kier molecular flexibility index (Phi) is 5.63. The molecule has 1 aromatic heterocycles. The summed E-state index contributed by atoms with van der Waals surface area (Å²) in [6.07, 6.45) is 0. The summed E-state index contributed by atoms with van der Waals surface area (Å²) in [5.41, 5.74) is 1.50. The molecule has 0 aliphatic rings. The fraction of sp³-hybridized carbons (Fsp3) is 0.200. The molecule has 134 valence electrons. The molecule has 1 N–H and O–H groups in total. The highest BCUT2D eigenvalue weighted by molar-refractivity contribution is 7.98. The van der Waals surface area contributed by atoms with Crippen LogP contribution in [0.2, 0.25) is 0 Å². The van der Waals surface area contributed by atoms with Crippen molar-refractivity contribution in [2.75, 3.05) is 13.7 Å². The van der Waals surface area contributed by atoms with E-state index in [1.165, 1.54) is 11.8 Å². The number of ether oxygens (including phenoxy) is 2. The van der Waals surface area contributed by atoms with Crippen molar-refractivity contribution in [1.29, 1.82) is 0 Å². The van der Waals surface area contributed by atoms with E-state index < -0.39 is 5.97 Å². The number of para-hydroxylation sites is 1. The lowest BCUT2D eigenvalue weighted by Crippen LogP contribution is -2.20. The molecule has 2 aromatic carbocycles. The average molecular weight is 369 g/mol. The van der Waals surface area contributed by atoms with Crippen molar-refractivity contribution in [3.05, 3.63) is 69.9 Å². The van der Waals surface area contributed by atoms with Crippen molar-refractivity contribution in [3.8, 4) is 5.75 Å². The maximum absolute atomic E-state index is 12.8. The predicted octanol–water partition coefficient (Wildman–Crippen LogP) is 4.01. The smallest absolute Gasteiger partial charge is 0.344 e. The minimum Gasteiger partial charge on any atom is -0.497 e. The summed E-state index contributed by atoms with van der Waals surface area (Å²) >= 11 is 1.40. The fourth-order valence-electron chi connectivity index (χ4n) is 2.59. The molecule has 0 radical (unpaired) electrons. The van der Waals surface area contributed by atoms with Gasteiger partial charge in [0, 0.05) is 11.1 Å². The van der Waals surface area contributed by atoms with Gasteiger partial charge in [0.15, 0.2) is 0 Å². The van der Waals surface area contributed by atoms with Crippen molar-refractivity contribution >= 4 is 28.6 Å². The molecular weight excluding hydrogens is 350 g/mol. The Morgan fingerprint density at radius 2 is 1.85 bits per heavy atom. The molecule has 0 amide bonds. The molecule has 3 rings (SSSR count). The first-order valence-corrected chi connectivity index (χ1v) is 9.20. The highest BCUT2D eigenvalue weighted by Crippen LogP contribution is 2.26. The standard InChI is InChI=1S/C20H19NO4S/c1-3-25-20(23)17-18(22)15-6-4-5-7-16(15)21-19(17)26-12-13-8-10-14(24-2)11-9-13/h4-11H,3,12H2,1-2H3,(H,21,22). The second-order valence-electron chi connectivity index (χ2n) is 5.56. The second kappa shape index (κ2) is 8.10. The minimum atomic E-state index is -0.600. The van der Waals surface area contributed by atoms with Gasteiger partial charge in [0.1, 0.15) is 11.3 Å². The third-order valence-electron chi connectivity index (χ3n) is 3.90. The third kappa shape index (κ3) is 3.75. The van der Waals surface area contributed by atoms with Gasteiger partial charge < -0.3 is 14.5 Å². The first-order chi connectivity index (χ1) is 12.6. The van der Waals surface area contributed by atoms with Crippen molar-refractivity contribution in [2.24, 2.45) is 0 Å². The molecule has 26 heavy (non-hydrogen) atoms. The van der Waals surface area contributed by atoms with Gasteiger partial charge in [-0.2, -0.15) is 0 Å². The summed E-state index contributed by atoms with van der Waals surface area (Å²) < 4.78 is 10.2. The molecule has 6 heteroatoms. The number of aromatic nitrogens is 1. The maximum Gasteiger partial charge on any atom is 0.344 e. The molecule has 0 saturated heterocycles. The van der Waals surface area contributed by atoms with Crippen molar-refractivity contribution in [3.63, 3.8) is 0 Å². The molecule has 0 aliphatic carbocycles. The van der Waals surface area contributed by atoms with Crippen molar-refractivity contribution in [1.82, 2.24) is 4.98 Å². The summed E-state index contributed by atoms with van der Waals surface area (Å²) in [4.78, 5) is 28.4. The number of hydrogen-bond acceptors (Lipinski definition) is 5. The lowest BCUT2D eigenvalue weighted by atomic mass is 10.1. The largest absolute Gasteiger partial charge is 0.497 e. The number of carbonyl (C=O) groups is 1. The van der Waals surface area contributed by atoms with Crippen LogP contribution in [0.1, 0.15) is 22.8 Å². The second-order valence-corrected chi connectivity index (χ2v) is 6.55. The number of aromatic amines is 1. The van der Waals surface area contributed by atoms with Gasteiger partial charge in [-0.3, -0.25) is 4.79 Å². The molecule has 0 saturated carbocycles. The van der Waals surface area contributed by atoms with Crippen molar-refractivity contribution < 1.29 is 14.3 Å². The number of thioether (sulfide) groups is 1. The number of methoxy groups -OCH3 is 1. The Bertz CT molecular complexity index is 979. The SMILES string of the molecule is CCOC(=O)c1c(SCc2ccc(OC)cc2)[nH]c2ccccc2c1=O. The molecule has 0 spiro atoms. The molecule has 1 heterocycles. The molecule has 0 bridgehead atoms. The van der Waals surface area contributed by atoms with Crippen LogP contribution in [0.25, 0.3) is 10.9 Å². The Balaban J connectivity index is 1.98. The number of benzene rings is 2. The van der Waals surface area contributed by atoms with Crippen LogP contribution in [0.5, 0.6) is 5.75 Å². The quantitative estimate of drug-likeness (QED) is 0.525. The van der Waals surface area contributed by atoms with E-state index in [-0.39, 0.29) is 17.6 Å². The van der Waals surface area contributed by atoms with Gasteiger partial charge in [-0.15, -0.1) is 11.8 Å².